The summed E-state index contributed by atoms with van der Waals surface area (Å²) in [5.41, 5.74) is 4.02. The van der Waals surface area contributed by atoms with Crippen molar-refractivity contribution in [2.45, 2.75) is 13.3 Å². The number of aryl methyl sites for hydroxylation is 1. The molecule has 2 heterocycles. The van der Waals surface area contributed by atoms with E-state index in [2.05, 4.69) is 20.8 Å². The molecule has 0 N–H and O–H groups in total. The SMILES string of the molecule is Cc1nc2scc(-c3ccc(Cl)cc3)n2c1CC#N. The second-order valence-corrected chi connectivity index (χ2v) is 5.50. The average molecular weight is 288 g/mol. The van der Waals surface area contributed by atoms with Crippen LogP contribution in [0.5, 0.6) is 0 Å². The van der Waals surface area contributed by atoms with Gasteiger partial charge in [0.25, 0.3) is 0 Å². The van der Waals surface area contributed by atoms with Crippen LogP contribution in [0.3, 0.4) is 0 Å². The second-order valence-electron chi connectivity index (χ2n) is 4.22. The number of halogens is 1. The van der Waals surface area contributed by atoms with Gasteiger partial charge in [-0.3, -0.25) is 4.40 Å². The third kappa shape index (κ3) is 2.01. The quantitative estimate of drug-likeness (QED) is 0.712. The van der Waals surface area contributed by atoms with Gasteiger partial charge in [0.15, 0.2) is 4.96 Å². The molecule has 0 aliphatic heterocycles. The van der Waals surface area contributed by atoms with E-state index in [9.17, 15) is 0 Å². The van der Waals surface area contributed by atoms with Crippen molar-refractivity contribution >= 4 is 27.9 Å². The van der Waals surface area contributed by atoms with Crippen molar-refractivity contribution in [1.82, 2.24) is 9.38 Å². The summed E-state index contributed by atoms with van der Waals surface area (Å²) in [5.74, 6) is 0. The van der Waals surface area contributed by atoms with E-state index in [1.807, 2.05) is 31.2 Å². The van der Waals surface area contributed by atoms with Gasteiger partial charge in [0.05, 0.1) is 29.6 Å². The Bertz CT molecular complexity index is 777. The summed E-state index contributed by atoms with van der Waals surface area (Å²) in [5, 5.41) is 11.7. The Hall–Kier alpha value is -1.83. The van der Waals surface area contributed by atoms with Crippen molar-refractivity contribution in [3.05, 3.63) is 46.1 Å². The lowest BCUT2D eigenvalue weighted by Crippen LogP contribution is -1.94. The van der Waals surface area contributed by atoms with Gasteiger partial charge in [-0.05, 0) is 24.6 Å². The van der Waals surface area contributed by atoms with Crippen molar-refractivity contribution in [3.8, 4) is 17.3 Å². The largest absolute Gasteiger partial charge is 0.286 e. The standard InChI is InChI=1S/C14H10ClN3S/c1-9-12(6-7-16)18-13(8-19-14(18)17-9)10-2-4-11(15)5-3-10/h2-5,8H,6H2,1H3. The zero-order chi connectivity index (χ0) is 13.4. The molecule has 0 saturated heterocycles. The molecular weight excluding hydrogens is 278 g/mol. The maximum Gasteiger partial charge on any atom is 0.194 e. The monoisotopic (exact) mass is 287 g/mol. The van der Waals surface area contributed by atoms with E-state index in [0.29, 0.717) is 11.4 Å². The number of imidazole rings is 1. The first-order chi connectivity index (χ1) is 9.20. The van der Waals surface area contributed by atoms with Crippen molar-refractivity contribution in [2.24, 2.45) is 0 Å². The van der Waals surface area contributed by atoms with Gasteiger partial charge in [0, 0.05) is 10.4 Å². The van der Waals surface area contributed by atoms with Crippen LogP contribution in [0.15, 0.2) is 29.6 Å². The van der Waals surface area contributed by atoms with Crippen molar-refractivity contribution in [3.63, 3.8) is 0 Å². The Morgan fingerprint density at radius 3 is 2.79 bits per heavy atom. The number of aromatic nitrogens is 2. The zero-order valence-corrected chi connectivity index (χ0v) is 11.8. The number of hydrogen-bond acceptors (Lipinski definition) is 3. The first kappa shape index (κ1) is 12.2. The lowest BCUT2D eigenvalue weighted by atomic mass is 10.1. The smallest absolute Gasteiger partial charge is 0.194 e. The molecular formula is C14H10ClN3S. The van der Waals surface area contributed by atoms with Gasteiger partial charge in [-0.1, -0.05) is 23.7 Å². The molecule has 5 heteroatoms. The second kappa shape index (κ2) is 4.69. The normalized spacial score (nSPS) is 10.8. The van der Waals surface area contributed by atoms with Crippen LogP contribution < -0.4 is 0 Å². The van der Waals surface area contributed by atoms with Gasteiger partial charge >= 0.3 is 0 Å². The first-order valence-corrected chi connectivity index (χ1v) is 7.05. The number of fused-ring (bicyclic) bond motifs is 1. The molecule has 0 atom stereocenters. The van der Waals surface area contributed by atoms with Crippen molar-refractivity contribution in [2.75, 3.05) is 0 Å². The van der Waals surface area contributed by atoms with Crippen LogP contribution in [-0.4, -0.2) is 9.38 Å². The fourth-order valence-electron chi connectivity index (χ4n) is 2.12. The molecule has 0 saturated carbocycles. The summed E-state index contributed by atoms with van der Waals surface area (Å²) in [6.07, 6.45) is 0.365. The van der Waals surface area contributed by atoms with Crippen LogP contribution in [0, 0.1) is 18.3 Å². The highest BCUT2D eigenvalue weighted by Crippen LogP contribution is 2.29. The molecule has 0 fully saturated rings. The number of rotatable bonds is 2. The van der Waals surface area contributed by atoms with E-state index >= 15 is 0 Å². The van der Waals surface area contributed by atoms with Gasteiger partial charge in [-0.2, -0.15) is 5.26 Å². The molecule has 3 nitrogen and oxygen atoms in total. The molecule has 0 aliphatic rings. The molecule has 0 aliphatic carbocycles. The Labute approximate surface area is 119 Å². The van der Waals surface area contributed by atoms with Gasteiger partial charge in [0.1, 0.15) is 0 Å². The Morgan fingerprint density at radius 1 is 1.37 bits per heavy atom. The van der Waals surface area contributed by atoms with Crippen LogP contribution in [0.4, 0.5) is 0 Å². The first-order valence-electron chi connectivity index (χ1n) is 5.79. The van der Waals surface area contributed by atoms with Crippen molar-refractivity contribution < 1.29 is 0 Å². The Kier molecular flexibility index (Phi) is 3.02. The number of benzene rings is 1. The molecule has 0 spiro atoms. The molecule has 0 unspecified atom stereocenters. The predicted octanol–water partition coefficient (Wildman–Crippen LogP) is 4.09. The highest BCUT2D eigenvalue weighted by atomic mass is 35.5. The van der Waals surface area contributed by atoms with E-state index in [1.165, 1.54) is 0 Å². The number of nitrogens with zero attached hydrogens (tertiary/aromatic N) is 3. The van der Waals surface area contributed by atoms with Gasteiger partial charge in [0.2, 0.25) is 0 Å². The van der Waals surface area contributed by atoms with Gasteiger partial charge in [-0.15, -0.1) is 11.3 Å². The van der Waals surface area contributed by atoms with Crippen molar-refractivity contribution in [1.29, 1.82) is 5.26 Å². The summed E-state index contributed by atoms with van der Waals surface area (Å²) >= 11 is 7.50. The average Bonchev–Trinajstić information content (AvgIpc) is 2.92. The third-order valence-corrected chi connectivity index (χ3v) is 4.12. The molecule has 3 rings (SSSR count). The molecule has 19 heavy (non-hydrogen) atoms. The summed E-state index contributed by atoms with van der Waals surface area (Å²) in [7, 11) is 0. The van der Waals surface area contributed by atoms with E-state index in [1.54, 1.807) is 11.3 Å². The maximum atomic E-state index is 8.95. The van der Waals surface area contributed by atoms with E-state index in [0.717, 1.165) is 27.6 Å². The number of thiazole rings is 1. The molecule has 94 valence electrons. The van der Waals surface area contributed by atoms with Crippen LogP contribution in [0.25, 0.3) is 16.2 Å². The summed E-state index contributed by atoms with van der Waals surface area (Å²) in [6, 6.07) is 9.90. The topological polar surface area (TPSA) is 41.1 Å². The fourth-order valence-corrected chi connectivity index (χ4v) is 3.21. The van der Waals surface area contributed by atoms with Crippen LogP contribution >= 0.6 is 22.9 Å². The third-order valence-electron chi connectivity index (χ3n) is 3.05. The number of hydrogen-bond donors (Lipinski definition) is 0. The Morgan fingerprint density at radius 2 is 2.11 bits per heavy atom. The molecule has 1 aromatic carbocycles. The van der Waals surface area contributed by atoms with E-state index in [4.69, 9.17) is 16.9 Å². The summed E-state index contributed by atoms with van der Waals surface area (Å²) in [6.45, 7) is 1.94. The minimum atomic E-state index is 0.365. The minimum Gasteiger partial charge on any atom is -0.286 e. The highest BCUT2D eigenvalue weighted by Gasteiger charge is 2.14. The van der Waals surface area contributed by atoms with Crippen LogP contribution in [0.1, 0.15) is 11.4 Å². The molecule has 2 aromatic heterocycles. The highest BCUT2D eigenvalue weighted by molar-refractivity contribution is 7.15. The van der Waals surface area contributed by atoms with Crippen LogP contribution in [0.2, 0.25) is 5.02 Å². The summed E-state index contributed by atoms with van der Waals surface area (Å²) < 4.78 is 2.06. The maximum absolute atomic E-state index is 8.95. The Balaban J connectivity index is 2.24. The lowest BCUT2D eigenvalue weighted by Gasteiger charge is -2.03. The molecule has 0 radical (unpaired) electrons. The summed E-state index contributed by atoms with van der Waals surface area (Å²) in [4.78, 5) is 5.42. The number of nitriles is 1. The van der Waals surface area contributed by atoms with Crippen LogP contribution in [-0.2, 0) is 6.42 Å². The van der Waals surface area contributed by atoms with E-state index < -0.39 is 0 Å². The lowest BCUT2D eigenvalue weighted by molar-refractivity contribution is 1.05. The van der Waals surface area contributed by atoms with E-state index in [-0.39, 0.29) is 0 Å². The molecule has 3 aromatic rings. The van der Waals surface area contributed by atoms with Gasteiger partial charge < -0.3 is 0 Å². The minimum absolute atomic E-state index is 0.365. The zero-order valence-electron chi connectivity index (χ0n) is 10.2. The predicted molar refractivity (Wildman–Crippen MR) is 77.6 cm³/mol. The fraction of sp³-hybridized carbons (Fsp3) is 0.143. The molecule has 0 amide bonds. The van der Waals surface area contributed by atoms with Gasteiger partial charge in [-0.25, -0.2) is 4.98 Å². The molecule has 0 bridgehead atoms.